The minimum atomic E-state index is -0.443. The van der Waals surface area contributed by atoms with Gasteiger partial charge in [0.05, 0.1) is 0 Å². The van der Waals surface area contributed by atoms with Crippen LogP contribution in [0.15, 0.2) is 22.7 Å². The fraction of sp³-hybridized carbons (Fsp3) is 0.417. The van der Waals surface area contributed by atoms with Crippen molar-refractivity contribution in [2.45, 2.75) is 12.5 Å². The summed E-state index contributed by atoms with van der Waals surface area (Å²) in [4.78, 5) is 11.9. The van der Waals surface area contributed by atoms with Crippen molar-refractivity contribution in [2.75, 3.05) is 19.0 Å². The summed E-state index contributed by atoms with van der Waals surface area (Å²) in [7, 11) is 1.61. The maximum absolute atomic E-state index is 13.2. The summed E-state index contributed by atoms with van der Waals surface area (Å²) in [5, 5.41) is 3.44. The van der Waals surface area contributed by atoms with Crippen LogP contribution in [0.5, 0.6) is 0 Å². The average molecular weight is 383 g/mol. The van der Waals surface area contributed by atoms with E-state index < -0.39 is 5.82 Å². The second-order valence-corrected chi connectivity index (χ2v) is 5.33. The fourth-order valence-corrected chi connectivity index (χ4v) is 2.35. The molecule has 1 amide bonds. The van der Waals surface area contributed by atoms with E-state index in [0.717, 1.165) is 0 Å². The Balaban J connectivity index is 2.68. The van der Waals surface area contributed by atoms with Crippen LogP contribution >= 0.6 is 31.9 Å². The van der Waals surface area contributed by atoms with E-state index in [9.17, 15) is 9.18 Å². The fourth-order valence-electron chi connectivity index (χ4n) is 1.40. The Bertz CT molecular complexity index is 395. The highest BCUT2D eigenvalue weighted by atomic mass is 79.9. The Hall–Kier alpha value is -0.460. The van der Waals surface area contributed by atoms with Gasteiger partial charge in [-0.25, -0.2) is 4.39 Å². The van der Waals surface area contributed by atoms with Gasteiger partial charge in [-0.1, -0.05) is 31.9 Å². The Morgan fingerprint density at radius 2 is 2.22 bits per heavy atom. The number of halogens is 3. The number of carbonyl (C=O) groups excluding carboxylic acids is 1. The molecule has 0 saturated carbocycles. The summed E-state index contributed by atoms with van der Waals surface area (Å²) in [6, 6.07) is 4.06. The number of ether oxygens (including phenoxy) is 1. The van der Waals surface area contributed by atoms with Crippen molar-refractivity contribution >= 4 is 37.8 Å². The van der Waals surface area contributed by atoms with Crippen molar-refractivity contribution in [1.29, 1.82) is 0 Å². The Kier molecular flexibility index (Phi) is 6.81. The number of amides is 1. The van der Waals surface area contributed by atoms with Crippen molar-refractivity contribution in [3.8, 4) is 0 Å². The quantitative estimate of drug-likeness (QED) is 0.767. The molecular weight excluding hydrogens is 369 g/mol. The van der Waals surface area contributed by atoms with Gasteiger partial charge in [0.15, 0.2) is 0 Å². The molecule has 1 rings (SSSR count). The summed E-state index contributed by atoms with van der Waals surface area (Å²) in [5.74, 6) is -0.738. The first-order valence-corrected chi connectivity index (χ1v) is 7.30. The first-order chi connectivity index (χ1) is 8.56. The van der Waals surface area contributed by atoms with E-state index in [1.54, 1.807) is 13.2 Å². The van der Waals surface area contributed by atoms with Gasteiger partial charge in [-0.15, -0.1) is 0 Å². The summed E-state index contributed by atoms with van der Waals surface area (Å²) in [6.45, 7) is 0.559. The predicted molar refractivity (Wildman–Crippen MR) is 75.6 cm³/mol. The zero-order valence-corrected chi connectivity index (χ0v) is 13.1. The average Bonchev–Trinajstić information content (AvgIpc) is 2.32. The summed E-state index contributed by atoms with van der Waals surface area (Å²) in [5.41, 5.74) is 0.297. The van der Waals surface area contributed by atoms with Gasteiger partial charge < -0.3 is 10.1 Å². The molecule has 1 N–H and O–H groups in total. The smallest absolute Gasteiger partial charge is 0.251 e. The molecule has 0 aliphatic rings. The standard InChI is InChI=1S/C12H14Br2FNO2/c1-18-3-2-11(7-13)16-12(17)8-4-9(14)6-10(15)5-8/h4-6,11H,2-3,7H2,1H3,(H,16,17). The van der Waals surface area contributed by atoms with E-state index in [2.05, 4.69) is 37.2 Å². The van der Waals surface area contributed by atoms with Gasteiger partial charge in [-0.2, -0.15) is 0 Å². The molecule has 6 heteroatoms. The number of rotatable bonds is 6. The molecule has 0 aliphatic carbocycles. The van der Waals surface area contributed by atoms with Crippen LogP contribution in [-0.4, -0.2) is 31.0 Å². The maximum atomic E-state index is 13.2. The van der Waals surface area contributed by atoms with Crippen LogP contribution in [0.2, 0.25) is 0 Å². The third-order valence-corrected chi connectivity index (χ3v) is 3.56. The molecule has 0 spiro atoms. The van der Waals surface area contributed by atoms with Gasteiger partial charge in [0.1, 0.15) is 5.82 Å². The van der Waals surface area contributed by atoms with Crippen molar-refractivity contribution in [2.24, 2.45) is 0 Å². The van der Waals surface area contributed by atoms with Gasteiger partial charge in [-0.3, -0.25) is 4.79 Å². The van der Waals surface area contributed by atoms with Crippen molar-refractivity contribution < 1.29 is 13.9 Å². The van der Waals surface area contributed by atoms with Gasteiger partial charge in [0.25, 0.3) is 5.91 Å². The summed E-state index contributed by atoms with van der Waals surface area (Å²) >= 11 is 6.48. The van der Waals surface area contributed by atoms with Crippen molar-refractivity contribution in [1.82, 2.24) is 5.32 Å². The lowest BCUT2D eigenvalue weighted by Crippen LogP contribution is -2.36. The van der Waals surface area contributed by atoms with Gasteiger partial charge in [0, 0.05) is 35.1 Å². The lowest BCUT2D eigenvalue weighted by Gasteiger charge is -2.15. The van der Waals surface area contributed by atoms with Gasteiger partial charge >= 0.3 is 0 Å². The lowest BCUT2D eigenvalue weighted by molar-refractivity contribution is 0.0930. The van der Waals surface area contributed by atoms with Crippen LogP contribution in [0.4, 0.5) is 4.39 Å². The number of methoxy groups -OCH3 is 1. The number of hydrogen-bond donors (Lipinski definition) is 1. The number of carbonyl (C=O) groups is 1. The lowest BCUT2D eigenvalue weighted by atomic mass is 10.2. The van der Waals surface area contributed by atoms with Crippen LogP contribution in [0, 0.1) is 5.82 Å². The van der Waals surface area contributed by atoms with Crippen LogP contribution in [0.3, 0.4) is 0 Å². The Labute approximate surface area is 122 Å². The Morgan fingerprint density at radius 3 is 2.78 bits per heavy atom. The number of alkyl halides is 1. The molecule has 0 fully saturated rings. The van der Waals surface area contributed by atoms with Crippen molar-refractivity contribution in [3.05, 3.63) is 34.1 Å². The molecule has 1 aromatic rings. The SMILES string of the molecule is COCCC(CBr)NC(=O)c1cc(F)cc(Br)c1. The molecule has 18 heavy (non-hydrogen) atoms. The molecule has 0 aliphatic heterocycles. The molecule has 0 heterocycles. The largest absolute Gasteiger partial charge is 0.385 e. The van der Waals surface area contributed by atoms with E-state index >= 15 is 0 Å². The van der Waals surface area contributed by atoms with E-state index in [-0.39, 0.29) is 11.9 Å². The molecule has 0 aromatic heterocycles. The second kappa shape index (κ2) is 7.86. The molecule has 0 radical (unpaired) electrons. The molecular formula is C12H14Br2FNO2. The maximum Gasteiger partial charge on any atom is 0.251 e. The zero-order chi connectivity index (χ0) is 13.5. The highest BCUT2D eigenvalue weighted by Crippen LogP contribution is 2.15. The van der Waals surface area contributed by atoms with E-state index in [4.69, 9.17) is 4.74 Å². The highest BCUT2D eigenvalue weighted by Gasteiger charge is 2.13. The molecule has 0 saturated heterocycles. The first-order valence-electron chi connectivity index (χ1n) is 5.38. The third-order valence-electron chi connectivity index (χ3n) is 2.32. The molecule has 100 valence electrons. The first kappa shape index (κ1) is 15.6. The van der Waals surface area contributed by atoms with Crippen molar-refractivity contribution in [3.63, 3.8) is 0 Å². The normalized spacial score (nSPS) is 12.2. The predicted octanol–water partition coefficient (Wildman–Crippen LogP) is 3.12. The minimum absolute atomic E-state index is 0.0421. The third kappa shape index (κ3) is 5.04. The number of benzene rings is 1. The second-order valence-electron chi connectivity index (χ2n) is 3.76. The molecule has 1 atom stereocenters. The molecule has 1 aromatic carbocycles. The van der Waals surface area contributed by atoms with Crippen LogP contribution in [0.25, 0.3) is 0 Å². The van der Waals surface area contributed by atoms with Crippen LogP contribution < -0.4 is 5.32 Å². The topological polar surface area (TPSA) is 38.3 Å². The number of nitrogens with one attached hydrogen (secondary N) is 1. The molecule has 0 bridgehead atoms. The monoisotopic (exact) mass is 381 g/mol. The van der Waals surface area contributed by atoms with Crippen LogP contribution in [0.1, 0.15) is 16.8 Å². The number of hydrogen-bond acceptors (Lipinski definition) is 2. The van der Waals surface area contributed by atoms with Gasteiger partial charge in [-0.05, 0) is 24.6 Å². The van der Waals surface area contributed by atoms with Gasteiger partial charge in [0.2, 0.25) is 0 Å². The van der Waals surface area contributed by atoms with E-state index in [1.165, 1.54) is 12.1 Å². The Morgan fingerprint density at radius 1 is 1.50 bits per heavy atom. The van der Waals surface area contributed by atoms with Crippen LogP contribution in [-0.2, 0) is 4.74 Å². The highest BCUT2D eigenvalue weighted by molar-refractivity contribution is 9.10. The molecule has 3 nitrogen and oxygen atoms in total. The van der Waals surface area contributed by atoms with E-state index in [0.29, 0.717) is 28.4 Å². The zero-order valence-electron chi connectivity index (χ0n) is 9.88. The molecule has 1 unspecified atom stereocenters. The minimum Gasteiger partial charge on any atom is -0.385 e. The summed E-state index contributed by atoms with van der Waals surface area (Å²) in [6.07, 6.45) is 0.698. The summed E-state index contributed by atoms with van der Waals surface area (Å²) < 4.78 is 18.7. The van der Waals surface area contributed by atoms with E-state index in [1.807, 2.05) is 0 Å².